The lowest BCUT2D eigenvalue weighted by Gasteiger charge is -2.34. The molecule has 2 rings (SSSR count). The highest BCUT2D eigenvalue weighted by molar-refractivity contribution is 5.95. The average molecular weight is 337 g/mol. The van der Waals surface area contributed by atoms with Crippen LogP contribution in [0.2, 0.25) is 0 Å². The van der Waals surface area contributed by atoms with Crippen LogP contribution in [0, 0.1) is 0 Å². The molecule has 24 heavy (non-hydrogen) atoms. The molecule has 6 heteroatoms. The highest BCUT2D eigenvalue weighted by atomic mass is 16.5. The predicted molar refractivity (Wildman–Crippen MR) is 91.2 cm³/mol. The quantitative estimate of drug-likeness (QED) is 0.799. The average Bonchev–Trinajstić information content (AvgIpc) is 2.65. The summed E-state index contributed by atoms with van der Waals surface area (Å²) in [6.45, 7) is 0. The molecule has 0 spiro atoms. The van der Waals surface area contributed by atoms with E-state index in [1.807, 2.05) is 11.9 Å². The number of amides is 1. The van der Waals surface area contributed by atoms with Gasteiger partial charge in [-0.3, -0.25) is 4.79 Å². The van der Waals surface area contributed by atoms with Crippen LogP contribution in [0.3, 0.4) is 0 Å². The van der Waals surface area contributed by atoms with E-state index in [0.717, 1.165) is 25.7 Å². The van der Waals surface area contributed by atoms with Gasteiger partial charge >= 0.3 is 0 Å². The van der Waals surface area contributed by atoms with Gasteiger partial charge in [-0.2, -0.15) is 0 Å². The Hall–Kier alpha value is -1.95. The Kier molecular flexibility index (Phi) is 6.31. The van der Waals surface area contributed by atoms with Crippen molar-refractivity contribution in [3.8, 4) is 17.2 Å². The zero-order valence-corrected chi connectivity index (χ0v) is 15.1. The van der Waals surface area contributed by atoms with Crippen LogP contribution in [0.4, 0.5) is 0 Å². The number of nitrogens with zero attached hydrogens (tertiary/aromatic N) is 1. The first kappa shape index (κ1) is 18.4. The van der Waals surface area contributed by atoms with Crippen molar-refractivity contribution in [2.75, 3.05) is 35.5 Å². The van der Waals surface area contributed by atoms with E-state index in [1.165, 1.54) is 0 Å². The fraction of sp³-hybridized carbons (Fsp3) is 0.611. The smallest absolute Gasteiger partial charge is 0.254 e. The molecule has 1 fully saturated rings. The molecule has 0 radical (unpaired) electrons. The SMILES string of the molecule is COc1cc(C(=O)N(C)C2CCC(OC)CC2)cc(OC)c1OC. The van der Waals surface area contributed by atoms with Crippen LogP contribution in [0.15, 0.2) is 12.1 Å². The minimum Gasteiger partial charge on any atom is -0.493 e. The van der Waals surface area contributed by atoms with E-state index in [2.05, 4.69) is 0 Å². The molecule has 0 N–H and O–H groups in total. The van der Waals surface area contributed by atoms with Gasteiger partial charge in [-0.25, -0.2) is 0 Å². The fourth-order valence-corrected chi connectivity index (χ4v) is 3.24. The van der Waals surface area contributed by atoms with Crippen LogP contribution in [-0.4, -0.2) is 58.4 Å². The fourth-order valence-electron chi connectivity index (χ4n) is 3.24. The summed E-state index contributed by atoms with van der Waals surface area (Å²) >= 11 is 0. The molecule has 134 valence electrons. The first-order valence-corrected chi connectivity index (χ1v) is 8.15. The second kappa shape index (κ2) is 8.24. The third kappa shape index (κ3) is 3.75. The van der Waals surface area contributed by atoms with Gasteiger partial charge in [0.1, 0.15) is 0 Å². The Morgan fingerprint density at radius 2 is 1.50 bits per heavy atom. The molecule has 0 heterocycles. The number of carbonyl (C=O) groups excluding carboxylic acids is 1. The van der Waals surface area contributed by atoms with Crippen molar-refractivity contribution >= 4 is 5.91 Å². The summed E-state index contributed by atoms with van der Waals surface area (Å²) in [5, 5.41) is 0. The van der Waals surface area contributed by atoms with Crippen LogP contribution in [0.5, 0.6) is 17.2 Å². The van der Waals surface area contributed by atoms with Crippen molar-refractivity contribution in [1.29, 1.82) is 0 Å². The van der Waals surface area contributed by atoms with Gasteiger partial charge in [0.15, 0.2) is 11.5 Å². The van der Waals surface area contributed by atoms with Gasteiger partial charge in [-0.05, 0) is 37.8 Å². The maximum Gasteiger partial charge on any atom is 0.254 e. The van der Waals surface area contributed by atoms with E-state index in [0.29, 0.717) is 28.9 Å². The van der Waals surface area contributed by atoms with E-state index < -0.39 is 0 Å². The van der Waals surface area contributed by atoms with E-state index in [1.54, 1.807) is 40.6 Å². The first-order valence-electron chi connectivity index (χ1n) is 8.15. The number of rotatable bonds is 6. The zero-order chi connectivity index (χ0) is 17.7. The van der Waals surface area contributed by atoms with Crippen molar-refractivity contribution in [3.05, 3.63) is 17.7 Å². The summed E-state index contributed by atoms with van der Waals surface area (Å²) in [5.41, 5.74) is 0.529. The maximum absolute atomic E-state index is 12.9. The molecule has 6 nitrogen and oxygen atoms in total. The largest absolute Gasteiger partial charge is 0.493 e. The highest BCUT2D eigenvalue weighted by Crippen LogP contribution is 2.38. The Bertz CT molecular complexity index is 542. The molecule has 0 bridgehead atoms. The molecular weight excluding hydrogens is 310 g/mol. The van der Waals surface area contributed by atoms with Crippen LogP contribution in [0.1, 0.15) is 36.0 Å². The summed E-state index contributed by atoms with van der Waals surface area (Å²) in [5.74, 6) is 1.41. The van der Waals surface area contributed by atoms with Crippen molar-refractivity contribution in [2.24, 2.45) is 0 Å². The van der Waals surface area contributed by atoms with E-state index in [-0.39, 0.29) is 11.9 Å². The van der Waals surface area contributed by atoms with Gasteiger partial charge in [0.2, 0.25) is 5.75 Å². The molecule has 1 aliphatic rings. The molecule has 1 aliphatic carbocycles. The van der Waals surface area contributed by atoms with Gasteiger partial charge in [0.05, 0.1) is 27.4 Å². The lowest BCUT2D eigenvalue weighted by Crippen LogP contribution is -2.40. The predicted octanol–water partition coefficient (Wildman–Crippen LogP) is 2.74. The number of hydrogen-bond donors (Lipinski definition) is 0. The normalized spacial score (nSPS) is 20.4. The lowest BCUT2D eigenvalue weighted by molar-refractivity contribution is 0.0386. The first-order chi connectivity index (χ1) is 11.5. The number of benzene rings is 1. The summed E-state index contributed by atoms with van der Waals surface area (Å²) < 4.78 is 21.4. The summed E-state index contributed by atoms with van der Waals surface area (Å²) in [6, 6.07) is 3.62. The lowest BCUT2D eigenvalue weighted by atomic mass is 9.91. The van der Waals surface area contributed by atoms with Crippen LogP contribution in [0.25, 0.3) is 0 Å². The minimum absolute atomic E-state index is 0.0462. The minimum atomic E-state index is -0.0462. The monoisotopic (exact) mass is 337 g/mol. The summed E-state index contributed by atoms with van der Waals surface area (Å²) in [7, 11) is 8.23. The van der Waals surface area contributed by atoms with Crippen molar-refractivity contribution in [1.82, 2.24) is 4.90 Å². The van der Waals surface area contributed by atoms with Gasteiger partial charge in [0.25, 0.3) is 5.91 Å². The second-order valence-corrected chi connectivity index (χ2v) is 6.00. The van der Waals surface area contributed by atoms with Gasteiger partial charge in [-0.15, -0.1) is 0 Å². The Labute approximate surface area is 143 Å². The third-order valence-electron chi connectivity index (χ3n) is 4.76. The van der Waals surface area contributed by atoms with Gasteiger partial charge in [0, 0.05) is 25.8 Å². The topological polar surface area (TPSA) is 57.2 Å². The molecule has 0 aromatic heterocycles. The molecule has 1 amide bonds. The van der Waals surface area contributed by atoms with Crippen LogP contribution >= 0.6 is 0 Å². The highest BCUT2D eigenvalue weighted by Gasteiger charge is 2.28. The van der Waals surface area contributed by atoms with E-state index in [4.69, 9.17) is 18.9 Å². The standard InChI is InChI=1S/C18H27NO5/c1-19(13-6-8-14(21-2)9-7-13)18(20)12-10-15(22-3)17(24-5)16(11-12)23-4/h10-11,13-14H,6-9H2,1-5H3. The number of hydrogen-bond acceptors (Lipinski definition) is 5. The Morgan fingerprint density at radius 1 is 0.958 bits per heavy atom. The maximum atomic E-state index is 12.9. The molecule has 1 saturated carbocycles. The molecular formula is C18H27NO5. The van der Waals surface area contributed by atoms with Crippen molar-refractivity contribution in [2.45, 2.75) is 37.8 Å². The second-order valence-electron chi connectivity index (χ2n) is 6.00. The third-order valence-corrected chi connectivity index (χ3v) is 4.76. The van der Waals surface area contributed by atoms with Crippen molar-refractivity contribution < 1.29 is 23.7 Å². The van der Waals surface area contributed by atoms with Gasteiger partial charge < -0.3 is 23.8 Å². The van der Waals surface area contributed by atoms with Gasteiger partial charge in [-0.1, -0.05) is 0 Å². The number of carbonyl (C=O) groups is 1. The molecule has 0 saturated heterocycles. The van der Waals surface area contributed by atoms with E-state index in [9.17, 15) is 4.79 Å². The van der Waals surface area contributed by atoms with Crippen LogP contribution in [-0.2, 0) is 4.74 Å². The number of methoxy groups -OCH3 is 4. The van der Waals surface area contributed by atoms with E-state index >= 15 is 0 Å². The zero-order valence-electron chi connectivity index (χ0n) is 15.1. The molecule has 0 unspecified atom stereocenters. The molecule has 0 atom stereocenters. The summed E-state index contributed by atoms with van der Waals surface area (Å²) in [6.07, 6.45) is 4.17. The Balaban J connectivity index is 2.19. The van der Waals surface area contributed by atoms with Crippen LogP contribution < -0.4 is 14.2 Å². The number of ether oxygens (including phenoxy) is 4. The molecule has 1 aromatic carbocycles. The molecule has 1 aromatic rings. The Morgan fingerprint density at radius 3 is 1.92 bits per heavy atom. The molecule has 0 aliphatic heterocycles. The summed E-state index contributed by atoms with van der Waals surface area (Å²) in [4.78, 5) is 14.7. The van der Waals surface area contributed by atoms with Crippen molar-refractivity contribution in [3.63, 3.8) is 0 Å².